The SMILES string of the molecule is Cc1cc(NC(=O)COC2(C)CNC2)ccn1. The molecule has 0 saturated carbocycles. The normalized spacial score (nSPS) is 17.3. The molecule has 0 spiro atoms. The van der Waals surface area contributed by atoms with Gasteiger partial charge in [0.2, 0.25) is 5.91 Å². The molecular weight excluding hydrogens is 218 g/mol. The fraction of sp³-hybridized carbons (Fsp3) is 0.500. The maximum absolute atomic E-state index is 11.6. The van der Waals surface area contributed by atoms with Crippen molar-refractivity contribution in [3.05, 3.63) is 24.0 Å². The van der Waals surface area contributed by atoms with Gasteiger partial charge in [-0.1, -0.05) is 0 Å². The smallest absolute Gasteiger partial charge is 0.250 e. The number of amides is 1. The first-order chi connectivity index (χ1) is 8.07. The predicted molar refractivity (Wildman–Crippen MR) is 64.8 cm³/mol. The van der Waals surface area contributed by atoms with Gasteiger partial charge >= 0.3 is 0 Å². The molecular formula is C12H17N3O2. The van der Waals surface area contributed by atoms with E-state index in [2.05, 4.69) is 15.6 Å². The third-order valence-electron chi connectivity index (χ3n) is 2.73. The Bertz CT molecular complexity index is 416. The lowest BCUT2D eigenvalue weighted by molar-refractivity contribution is -0.130. The molecule has 0 atom stereocenters. The Labute approximate surface area is 101 Å². The van der Waals surface area contributed by atoms with Crippen LogP contribution in [-0.2, 0) is 9.53 Å². The molecule has 1 aromatic rings. The summed E-state index contributed by atoms with van der Waals surface area (Å²) in [5.41, 5.74) is 1.44. The fourth-order valence-corrected chi connectivity index (χ4v) is 1.64. The number of anilines is 1. The highest BCUT2D eigenvalue weighted by atomic mass is 16.5. The van der Waals surface area contributed by atoms with Crippen molar-refractivity contribution in [2.24, 2.45) is 0 Å². The molecule has 2 N–H and O–H groups in total. The van der Waals surface area contributed by atoms with E-state index < -0.39 is 0 Å². The molecule has 5 nitrogen and oxygen atoms in total. The molecule has 92 valence electrons. The van der Waals surface area contributed by atoms with Crippen molar-refractivity contribution in [2.75, 3.05) is 25.0 Å². The summed E-state index contributed by atoms with van der Waals surface area (Å²) in [4.78, 5) is 15.7. The van der Waals surface area contributed by atoms with Crippen LogP contribution in [0.1, 0.15) is 12.6 Å². The molecule has 1 aromatic heterocycles. The van der Waals surface area contributed by atoms with Crippen molar-refractivity contribution in [1.29, 1.82) is 0 Å². The number of pyridine rings is 1. The summed E-state index contributed by atoms with van der Waals surface area (Å²) in [5, 5.41) is 5.90. The second-order valence-corrected chi connectivity index (χ2v) is 4.58. The van der Waals surface area contributed by atoms with E-state index in [1.807, 2.05) is 19.9 Å². The topological polar surface area (TPSA) is 63.2 Å². The number of rotatable bonds is 4. The van der Waals surface area contributed by atoms with Gasteiger partial charge in [-0.05, 0) is 26.0 Å². The highest BCUT2D eigenvalue weighted by molar-refractivity contribution is 5.91. The summed E-state index contributed by atoms with van der Waals surface area (Å²) >= 11 is 0. The molecule has 0 aliphatic carbocycles. The van der Waals surface area contributed by atoms with Gasteiger partial charge in [-0.15, -0.1) is 0 Å². The maximum Gasteiger partial charge on any atom is 0.250 e. The highest BCUT2D eigenvalue weighted by Crippen LogP contribution is 2.15. The monoisotopic (exact) mass is 235 g/mol. The Kier molecular flexibility index (Phi) is 3.40. The van der Waals surface area contributed by atoms with Crippen molar-refractivity contribution in [3.8, 4) is 0 Å². The molecule has 0 bridgehead atoms. The average molecular weight is 235 g/mol. The van der Waals surface area contributed by atoms with Gasteiger partial charge in [-0.3, -0.25) is 9.78 Å². The molecule has 2 rings (SSSR count). The number of hydrogen-bond donors (Lipinski definition) is 2. The first-order valence-corrected chi connectivity index (χ1v) is 5.65. The van der Waals surface area contributed by atoms with E-state index in [4.69, 9.17) is 4.74 Å². The number of ether oxygens (including phenoxy) is 1. The lowest BCUT2D eigenvalue weighted by atomic mass is 10.0. The third-order valence-corrected chi connectivity index (χ3v) is 2.73. The van der Waals surface area contributed by atoms with E-state index in [9.17, 15) is 4.79 Å². The minimum absolute atomic E-state index is 0.0829. The number of aryl methyl sites for hydroxylation is 1. The van der Waals surface area contributed by atoms with Crippen LogP contribution in [0.2, 0.25) is 0 Å². The Morgan fingerprint density at radius 1 is 1.65 bits per heavy atom. The molecule has 1 saturated heterocycles. The minimum Gasteiger partial charge on any atom is -0.363 e. The van der Waals surface area contributed by atoms with Crippen molar-refractivity contribution in [2.45, 2.75) is 19.4 Å². The number of carbonyl (C=O) groups excluding carboxylic acids is 1. The van der Waals surface area contributed by atoms with Crippen LogP contribution >= 0.6 is 0 Å². The molecule has 1 fully saturated rings. The van der Waals surface area contributed by atoms with E-state index in [0.717, 1.165) is 24.5 Å². The largest absolute Gasteiger partial charge is 0.363 e. The van der Waals surface area contributed by atoms with Gasteiger partial charge in [0.25, 0.3) is 0 Å². The molecule has 1 amide bonds. The van der Waals surface area contributed by atoms with Gasteiger partial charge in [-0.25, -0.2) is 0 Å². The Hall–Kier alpha value is -1.46. The number of aromatic nitrogens is 1. The summed E-state index contributed by atoms with van der Waals surface area (Å²) in [6.07, 6.45) is 1.67. The second kappa shape index (κ2) is 4.81. The van der Waals surface area contributed by atoms with Gasteiger partial charge in [0.1, 0.15) is 6.61 Å². The van der Waals surface area contributed by atoms with Crippen molar-refractivity contribution >= 4 is 11.6 Å². The van der Waals surface area contributed by atoms with Gasteiger partial charge < -0.3 is 15.4 Å². The predicted octanol–water partition coefficient (Wildman–Crippen LogP) is 0.707. The summed E-state index contributed by atoms with van der Waals surface area (Å²) in [5.74, 6) is -0.135. The molecule has 1 aliphatic heterocycles. The molecule has 0 unspecified atom stereocenters. The van der Waals surface area contributed by atoms with Gasteiger partial charge in [0, 0.05) is 30.7 Å². The molecule has 5 heteroatoms. The van der Waals surface area contributed by atoms with Crippen molar-refractivity contribution in [3.63, 3.8) is 0 Å². The van der Waals surface area contributed by atoms with Crippen LogP contribution in [0.3, 0.4) is 0 Å². The molecule has 2 heterocycles. The van der Waals surface area contributed by atoms with Crippen LogP contribution in [-0.4, -0.2) is 36.2 Å². The molecule has 1 aliphatic rings. The maximum atomic E-state index is 11.6. The zero-order chi connectivity index (χ0) is 12.3. The van der Waals surface area contributed by atoms with Crippen LogP contribution in [0, 0.1) is 6.92 Å². The summed E-state index contributed by atoms with van der Waals surface area (Å²) < 4.78 is 5.54. The minimum atomic E-state index is -0.189. The van der Waals surface area contributed by atoms with Crippen LogP contribution in [0.5, 0.6) is 0 Å². The first-order valence-electron chi connectivity index (χ1n) is 5.65. The Morgan fingerprint density at radius 2 is 2.41 bits per heavy atom. The zero-order valence-electron chi connectivity index (χ0n) is 10.1. The number of nitrogens with one attached hydrogen (secondary N) is 2. The first kappa shape index (κ1) is 12.0. The van der Waals surface area contributed by atoms with E-state index in [1.165, 1.54) is 0 Å². The van der Waals surface area contributed by atoms with Gasteiger partial charge in [-0.2, -0.15) is 0 Å². The summed E-state index contributed by atoms with van der Waals surface area (Å²) in [6, 6.07) is 3.59. The average Bonchev–Trinajstić information content (AvgIpc) is 2.24. The molecule has 0 aromatic carbocycles. The lowest BCUT2D eigenvalue weighted by Gasteiger charge is -2.38. The van der Waals surface area contributed by atoms with E-state index in [1.54, 1.807) is 12.3 Å². The van der Waals surface area contributed by atoms with Crippen LogP contribution in [0.4, 0.5) is 5.69 Å². The quantitative estimate of drug-likeness (QED) is 0.806. The van der Waals surface area contributed by atoms with E-state index in [-0.39, 0.29) is 18.1 Å². The molecule has 0 radical (unpaired) electrons. The van der Waals surface area contributed by atoms with Crippen molar-refractivity contribution < 1.29 is 9.53 Å². The Morgan fingerprint density at radius 3 is 3.00 bits per heavy atom. The molecule has 17 heavy (non-hydrogen) atoms. The highest BCUT2D eigenvalue weighted by Gasteiger charge is 2.32. The fourth-order valence-electron chi connectivity index (χ4n) is 1.64. The summed E-state index contributed by atoms with van der Waals surface area (Å²) in [7, 11) is 0. The second-order valence-electron chi connectivity index (χ2n) is 4.58. The standard InChI is InChI=1S/C12H17N3O2/c1-9-5-10(3-4-14-9)15-11(16)6-17-12(2)7-13-8-12/h3-5,13H,6-8H2,1-2H3,(H,14,15,16). The number of nitrogens with zero attached hydrogens (tertiary/aromatic N) is 1. The van der Waals surface area contributed by atoms with Crippen molar-refractivity contribution in [1.82, 2.24) is 10.3 Å². The number of carbonyl (C=O) groups is 1. The van der Waals surface area contributed by atoms with E-state index >= 15 is 0 Å². The Balaban J connectivity index is 1.81. The number of hydrogen-bond acceptors (Lipinski definition) is 4. The van der Waals surface area contributed by atoms with Crippen LogP contribution in [0.15, 0.2) is 18.3 Å². The van der Waals surface area contributed by atoms with Crippen LogP contribution < -0.4 is 10.6 Å². The zero-order valence-corrected chi connectivity index (χ0v) is 10.1. The third kappa shape index (κ3) is 3.25. The van der Waals surface area contributed by atoms with E-state index in [0.29, 0.717) is 0 Å². The van der Waals surface area contributed by atoms with Crippen LogP contribution in [0.25, 0.3) is 0 Å². The lowest BCUT2D eigenvalue weighted by Crippen LogP contribution is -2.59. The summed E-state index contributed by atoms with van der Waals surface area (Å²) in [6.45, 7) is 5.56. The van der Waals surface area contributed by atoms with Gasteiger partial charge in [0.05, 0.1) is 5.60 Å². The van der Waals surface area contributed by atoms with Gasteiger partial charge in [0.15, 0.2) is 0 Å².